The maximum atomic E-state index is 9.55. The van der Waals surface area contributed by atoms with Gasteiger partial charge in [-0.2, -0.15) is 0 Å². The number of aromatic hydroxyl groups is 1. The summed E-state index contributed by atoms with van der Waals surface area (Å²) in [6.45, 7) is 1.95. The van der Waals surface area contributed by atoms with Gasteiger partial charge in [0, 0.05) is 18.0 Å². The Hall–Kier alpha value is -2.16. The van der Waals surface area contributed by atoms with Crippen molar-refractivity contribution in [1.29, 1.82) is 0 Å². The third-order valence-corrected chi connectivity index (χ3v) is 2.24. The fourth-order valence-corrected chi connectivity index (χ4v) is 1.34. The van der Waals surface area contributed by atoms with Crippen molar-refractivity contribution >= 4 is 12.0 Å². The Bertz CT molecular complexity index is 473. The summed E-state index contributed by atoms with van der Waals surface area (Å²) < 4.78 is 0. The van der Waals surface area contributed by atoms with Crippen LogP contribution < -0.4 is 0 Å². The van der Waals surface area contributed by atoms with Crippen molar-refractivity contribution in [1.82, 2.24) is 4.98 Å². The second-order valence-electron chi connectivity index (χ2n) is 3.46. The molecule has 3 nitrogen and oxygen atoms in total. The summed E-state index contributed by atoms with van der Waals surface area (Å²) in [7, 11) is 0. The summed E-state index contributed by atoms with van der Waals surface area (Å²) >= 11 is 0. The van der Waals surface area contributed by atoms with E-state index in [9.17, 15) is 5.11 Å². The zero-order chi connectivity index (χ0) is 11.4. The maximum absolute atomic E-state index is 9.55. The lowest BCUT2D eigenvalue weighted by atomic mass is 10.2. The monoisotopic (exact) mass is 212 g/mol. The van der Waals surface area contributed by atoms with Gasteiger partial charge in [0.1, 0.15) is 5.75 Å². The van der Waals surface area contributed by atoms with Gasteiger partial charge in [-0.15, -0.1) is 0 Å². The lowest BCUT2D eigenvalue weighted by molar-refractivity contribution is 0.474. The molecule has 1 heterocycles. The lowest BCUT2D eigenvalue weighted by Gasteiger charge is -1.98. The van der Waals surface area contributed by atoms with Crippen LogP contribution in [0.4, 0.5) is 5.82 Å². The number of aryl methyl sites for hydroxylation is 1. The van der Waals surface area contributed by atoms with Crippen LogP contribution in [0.25, 0.3) is 0 Å². The average Bonchev–Trinajstić information content (AvgIpc) is 2.30. The van der Waals surface area contributed by atoms with E-state index in [2.05, 4.69) is 9.98 Å². The van der Waals surface area contributed by atoms with Crippen LogP contribution in [-0.4, -0.2) is 16.3 Å². The summed E-state index contributed by atoms with van der Waals surface area (Å²) in [5, 5.41) is 9.55. The molecule has 2 rings (SSSR count). The number of benzene rings is 1. The number of phenols is 1. The molecule has 0 unspecified atom stereocenters. The summed E-state index contributed by atoms with van der Waals surface area (Å²) in [5.74, 6) is 0.894. The number of nitrogens with zero attached hydrogens (tertiary/aromatic N) is 2. The highest BCUT2D eigenvalue weighted by molar-refractivity contribution is 5.85. The third-order valence-electron chi connectivity index (χ3n) is 2.24. The number of para-hydroxylation sites is 1. The van der Waals surface area contributed by atoms with Gasteiger partial charge in [0.25, 0.3) is 0 Å². The Kier molecular flexibility index (Phi) is 2.96. The summed E-state index contributed by atoms with van der Waals surface area (Å²) in [4.78, 5) is 8.38. The van der Waals surface area contributed by atoms with Crippen LogP contribution in [-0.2, 0) is 0 Å². The van der Waals surface area contributed by atoms with E-state index in [4.69, 9.17) is 0 Å². The van der Waals surface area contributed by atoms with E-state index in [0.29, 0.717) is 11.4 Å². The lowest BCUT2D eigenvalue weighted by Crippen LogP contribution is -1.83. The highest BCUT2D eigenvalue weighted by atomic mass is 16.3. The first-order chi connectivity index (χ1) is 7.77. The van der Waals surface area contributed by atoms with E-state index in [-0.39, 0.29) is 5.75 Å². The molecule has 0 spiro atoms. The molecule has 0 bridgehead atoms. The van der Waals surface area contributed by atoms with Crippen molar-refractivity contribution < 1.29 is 5.11 Å². The standard InChI is InChI=1S/C13H12N2O/c1-10-5-4-8-14-13(10)15-9-11-6-2-3-7-12(11)16/h2-9,16H,1H3. The van der Waals surface area contributed by atoms with Gasteiger partial charge in [-0.05, 0) is 30.7 Å². The first kappa shape index (κ1) is 10.4. The molecular weight excluding hydrogens is 200 g/mol. The first-order valence-electron chi connectivity index (χ1n) is 5.01. The normalized spacial score (nSPS) is 10.8. The molecule has 0 saturated heterocycles. The van der Waals surface area contributed by atoms with Gasteiger partial charge in [-0.25, -0.2) is 9.98 Å². The Balaban J connectivity index is 2.29. The van der Waals surface area contributed by atoms with Gasteiger partial charge >= 0.3 is 0 Å². The Morgan fingerprint density at radius 3 is 2.75 bits per heavy atom. The van der Waals surface area contributed by atoms with Crippen LogP contribution >= 0.6 is 0 Å². The number of rotatable bonds is 2. The van der Waals surface area contributed by atoms with Crippen LogP contribution in [0, 0.1) is 6.92 Å². The Morgan fingerprint density at radius 2 is 2.00 bits per heavy atom. The SMILES string of the molecule is Cc1cccnc1N=Cc1ccccc1O. The molecule has 0 amide bonds. The zero-order valence-corrected chi connectivity index (χ0v) is 8.96. The molecule has 0 saturated carbocycles. The molecule has 0 radical (unpaired) electrons. The van der Waals surface area contributed by atoms with Crippen molar-refractivity contribution in [2.75, 3.05) is 0 Å². The van der Waals surface area contributed by atoms with Crippen molar-refractivity contribution in [3.05, 3.63) is 53.7 Å². The maximum Gasteiger partial charge on any atom is 0.154 e. The molecule has 2 aromatic rings. The predicted octanol–water partition coefficient (Wildman–Crippen LogP) is 2.85. The predicted molar refractivity (Wildman–Crippen MR) is 64.3 cm³/mol. The average molecular weight is 212 g/mol. The van der Waals surface area contributed by atoms with Gasteiger partial charge in [0.2, 0.25) is 0 Å². The molecule has 80 valence electrons. The largest absolute Gasteiger partial charge is 0.507 e. The molecule has 1 aromatic carbocycles. The van der Waals surface area contributed by atoms with E-state index in [0.717, 1.165) is 5.56 Å². The molecule has 0 atom stereocenters. The van der Waals surface area contributed by atoms with Gasteiger partial charge in [0.05, 0.1) is 0 Å². The van der Waals surface area contributed by atoms with Gasteiger partial charge in [0.15, 0.2) is 5.82 Å². The topological polar surface area (TPSA) is 45.5 Å². The third kappa shape index (κ3) is 2.25. The Morgan fingerprint density at radius 1 is 1.19 bits per heavy atom. The van der Waals surface area contributed by atoms with Crippen molar-refractivity contribution in [2.45, 2.75) is 6.92 Å². The minimum Gasteiger partial charge on any atom is -0.507 e. The van der Waals surface area contributed by atoms with E-state index >= 15 is 0 Å². The molecule has 3 heteroatoms. The fraction of sp³-hybridized carbons (Fsp3) is 0.0769. The van der Waals surface area contributed by atoms with E-state index in [1.54, 1.807) is 30.6 Å². The molecule has 0 aliphatic carbocycles. The smallest absolute Gasteiger partial charge is 0.154 e. The van der Waals surface area contributed by atoms with Crippen LogP contribution in [0.5, 0.6) is 5.75 Å². The van der Waals surface area contributed by atoms with Crippen LogP contribution in [0.3, 0.4) is 0 Å². The van der Waals surface area contributed by atoms with Crippen LogP contribution in [0.15, 0.2) is 47.6 Å². The summed E-state index contributed by atoms with van der Waals surface area (Å²) in [6, 6.07) is 10.9. The number of pyridine rings is 1. The number of hydrogen-bond acceptors (Lipinski definition) is 3. The highest BCUT2D eigenvalue weighted by Crippen LogP contribution is 2.16. The van der Waals surface area contributed by atoms with Crippen molar-refractivity contribution in [2.24, 2.45) is 4.99 Å². The van der Waals surface area contributed by atoms with E-state index < -0.39 is 0 Å². The second kappa shape index (κ2) is 4.57. The van der Waals surface area contributed by atoms with Crippen LogP contribution in [0.1, 0.15) is 11.1 Å². The number of phenolic OH excluding ortho intramolecular Hbond substituents is 1. The van der Waals surface area contributed by atoms with E-state index in [1.807, 2.05) is 25.1 Å². The molecule has 0 aliphatic rings. The molecule has 1 N–H and O–H groups in total. The molecule has 1 aromatic heterocycles. The highest BCUT2D eigenvalue weighted by Gasteiger charge is 1.97. The summed E-state index contributed by atoms with van der Waals surface area (Å²) in [6.07, 6.45) is 3.31. The summed E-state index contributed by atoms with van der Waals surface area (Å²) in [5.41, 5.74) is 1.70. The van der Waals surface area contributed by atoms with Crippen molar-refractivity contribution in [3.63, 3.8) is 0 Å². The second-order valence-corrected chi connectivity index (χ2v) is 3.46. The van der Waals surface area contributed by atoms with Gasteiger partial charge < -0.3 is 5.11 Å². The first-order valence-corrected chi connectivity index (χ1v) is 5.01. The van der Waals surface area contributed by atoms with Crippen LogP contribution in [0.2, 0.25) is 0 Å². The number of aliphatic imine (C=N–C) groups is 1. The number of aromatic nitrogens is 1. The van der Waals surface area contributed by atoms with Gasteiger partial charge in [-0.1, -0.05) is 18.2 Å². The molecule has 16 heavy (non-hydrogen) atoms. The number of hydrogen-bond donors (Lipinski definition) is 1. The quantitative estimate of drug-likeness (QED) is 0.778. The fourth-order valence-electron chi connectivity index (χ4n) is 1.34. The van der Waals surface area contributed by atoms with Gasteiger partial charge in [-0.3, -0.25) is 0 Å². The van der Waals surface area contributed by atoms with Crippen molar-refractivity contribution in [3.8, 4) is 5.75 Å². The zero-order valence-electron chi connectivity index (χ0n) is 8.96. The Labute approximate surface area is 94.1 Å². The van der Waals surface area contributed by atoms with E-state index in [1.165, 1.54) is 0 Å². The molecule has 0 aliphatic heterocycles. The molecule has 0 fully saturated rings. The molecular formula is C13H12N2O. The minimum atomic E-state index is 0.222. The minimum absolute atomic E-state index is 0.222.